The van der Waals surface area contributed by atoms with Crippen LogP contribution in [0.2, 0.25) is 0 Å². The summed E-state index contributed by atoms with van der Waals surface area (Å²) in [5.74, 6) is 0. The first-order chi connectivity index (χ1) is 9.70. The maximum Gasteiger partial charge on any atom is 0.0106 e. The van der Waals surface area contributed by atoms with Crippen LogP contribution in [0, 0.1) is 0 Å². The highest BCUT2D eigenvalue weighted by Crippen LogP contribution is 1.91. The van der Waals surface area contributed by atoms with E-state index in [1.807, 2.05) is 13.8 Å². The van der Waals surface area contributed by atoms with Crippen molar-refractivity contribution >= 4 is 0 Å². The van der Waals surface area contributed by atoms with Gasteiger partial charge in [-0.15, -0.1) is 0 Å². The molecule has 0 bridgehead atoms. The Kier molecular flexibility index (Phi) is 20.8. The molecule has 0 aromatic carbocycles. The van der Waals surface area contributed by atoms with Crippen molar-refractivity contribution in [2.75, 3.05) is 66.5 Å². The standard InChI is InChI=1S/C14H34N4.C2H6/c1-5-15-9-7-11-17(3)13-14-18(4)12-8-10-16-6-2;1-2/h15-16H,5-14H2,1-4H3;1-2H3. The van der Waals surface area contributed by atoms with Gasteiger partial charge in [0.15, 0.2) is 0 Å². The van der Waals surface area contributed by atoms with Crippen molar-refractivity contribution in [1.82, 2.24) is 20.4 Å². The minimum Gasteiger partial charge on any atom is -0.317 e. The van der Waals surface area contributed by atoms with E-state index in [9.17, 15) is 0 Å². The highest BCUT2D eigenvalue weighted by molar-refractivity contribution is 4.59. The van der Waals surface area contributed by atoms with Gasteiger partial charge in [-0.1, -0.05) is 27.7 Å². The van der Waals surface area contributed by atoms with Crippen molar-refractivity contribution in [1.29, 1.82) is 0 Å². The Morgan fingerprint density at radius 1 is 0.650 bits per heavy atom. The molecule has 124 valence electrons. The molecule has 0 aromatic heterocycles. The molecular weight excluding hydrogens is 248 g/mol. The number of hydrogen-bond donors (Lipinski definition) is 2. The van der Waals surface area contributed by atoms with Gasteiger partial charge < -0.3 is 20.4 Å². The van der Waals surface area contributed by atoms with E-state index in [2.05, 4.69) is 48.4 Å². The monoisotopic (exact) mass is 288 g/mol. The van der Waals surface area contributed by atoms with E-state index >= 15 is 0 Å². The second kappa shape index (κ2) is 18.8. The first kappa shape index (κ1) is 22.1. The largest absolute Gasteiger partial charge is 0.317 e. The van der Waals surface area contributed by atoms with Gasteiger partial charge >= 0.3 is 0 Å². The Morgan fingerprint density at radius 3 is 1.30 bits per heavy atom. The van der Waals surface area contributed by atoms with Crippen LogP contribution in [0.25, 0.3) is 0 Å². The smallest absolute Gasteiger partial charge is 0.0106 e. The first-order valence-electron chi connectivity index (χ1n) is 8.49. The molecule has 0 heterocycles. The van der Waals surface area contributed by atoms with Crippen LogP contribution < -0.4 is 10.6 Å². The third-order valence-corrected chi connectivity index (χ3v) is 3.15. The first-order valence-corrected chi connectivity index (χ1v) is 8.49. The molecule has 20 heavy (non-hydrogen) atoms. The van der Waals surface area contributed by atoms with Gasteiger partial charge in [-0.25, -0.2) is 0 Å². The molecule has 4 heteroatoms. The third-order valence-electron chi connectivity index (χ3n) is 3.15. The van der Waals surface area contributed by atoms with Crippen molar-refractivity contribution in [3.05, 3.63) is 0 Å². The van der Waals surface area contributed by atoms with Crippen LogP contribution in [0.3, 0.4) is 0 Å². The van der Waals surface area contributed by atoms with Crippen molar-refractivity contribution < 1.29 is 0 Å². The Bertz CT molecular complexity index is 147. The van der Waals surface area contributed by atoms with E-state index in [1.54, 1.807) is 0 Å². The Labute approximate surface area is 128 Å². The average molecular weight is 289 g/mol. The van der Waals surface area contributed by atoms with Crippen LogP contribution in [-0.4, -0.2) is 76.3 Å². The molecule has 0 saturated carbocycles. The van der Waals surface area contributed by atoms with Gasteiger partial charge in [0.25, 0.3) is 0 Å². The molecule has 0 saturated heterocycles. The summed E-state index contributed by atoms with van der Waals surface area (Å²) in [6.45, 7) is 17.5. The maximum absolute atomic E-state index is 3.36. The van der Waals surface area contributed by atoms with Gasteiger partial charge in [-0.05, 0) is 66.2 Å². The maximum atomic E-state index is 3.36. The number of nitrogens with one attached hydrogen (secondary N) is 2. The van der Waals surface area contributed by atoms with Gasteiger partial charge in [-0.2, -0.15) is 0 Å². The minimum atomic E-state index is 1.08. The molecule has 0 aliphatic rings. The fraction of sp³-hybridized carbons (Fsp3) is 1.00. The summed E-state index contributed by atoms with van der Waals surface area (Å²) in [7, 11) is 4.44. The lowest BCUT2D eigenvalue weighted by Crippen LogP contribution is -2.33. The van der Waals surface area contributed by atoms with Gasteiger partial charge in [0.05, 0.1) is 0 Å². The summed E-state index contributed by atoms with van der Waals surface area (Å²) < 4.78 is 0. The molecule has 2 N–H and O–H groups in total. The van der Waals surface area contributed by atoms with Crippen LogP contribution in [-0.2, 0) is 0 Å². The number of likely N-dealkylation sites (N-methyl/N-ethyl adjacent to an activating group) is 2. The number of hydrogen-bond acceptors (Lipinski definition) is 4. The molecule has 0 aliphatic heterocycles. The molecule has 0 rings (SSSR count). The predicted molar refractivity (Wildman–Crippen MR) is 92.7 cm³/mol. The zero-order valence-corrected chi connectivity index (χ0v) is 15.0. The van der Waals surface area contributed by atoms with E-state index in [1.165, 1.54) is 39.0 Å². The van der Waals surface area contributed by atoms with Gasteiger partial charge in [0.1, 0.15) is 0 Å². The quantitative estimate of drug-likeness (QED) is 0.507. The lowest BCUT2D eigenvalue weighted by atomic mass is 10.3. The molecule has 0 radical (unpaired) electrons. The lowest BCUT2D eigenvalue weighted by Gasteiger charge is -2.22. The number of nitrogens with zero attached hydrogens (tertiary/aromatic N) is 2. The summed E-state index contributed by atoms with van der Waals surface area (Å²) in [5.41, 5.74) is 0. The van der Waals surface area contributed by atoms with E-state index in [-0.39, 0.29) is 0 Å². The fourth-order valence-corrected chi connectivity index (χ4v) is 1.87. The molecule has 4 nitrogen and oxygen atoms in total. The van der Waals surface area contributed by atoms with Crippen molar-refractivity contribution in [3.8, 4) is 0 Å². The summed E-state index contributed by atoms with van der Waals surface area (Å²) in [6, 6.07) is 0. The summed E-state index contributed by atoms with van der Waals surface area (Å²) in [6.07, 6.45) is 2.49. The van der Waals surface area contributed by atoms with Gasteiger partial charge in [0, 0.05) is 13.1 Å². The van der Waals surface area contributed by atoms with Gasteiger partial charge in [-0.3, -0.25) is 0 Å². The third kappa shape index (κ3) is 17.8. The molecule has 0 unspecified atom stereocenters. The molecule has 0 atom stereocenters. The molecular formula is C16H40N4. The SMILES string of the molecule is CC.CCNCCCN(C)CCN(C)CCCNCC. The predicted octanol–water partition coefficient (Wildman–Crippen LogP) is 1.88. The fourth-order valence-electron chi connectivity index (χ4n) is 1.87. The molecule has 0 aromatic rings. The highest BCUT2D eigenvalue weighted by atomic mass is 15.2. The van der Waals surface area contributed by atoms with Crippen molar-refractivity contribution in [2.45, 2.75) is 40.5 Å². The zero-order valence-electron chi connectivity index (χ0n) is 15.0. The average Bonchev–Trinajstić information content (AvgIpc) is 2.48. The van der Waals surface area contributed by atoms with Gasteiger partial charge in [0.2, 0.25) is 0 Å². The van der Waals surface area contributed by atoms with Crippen LogP contribution in [0.1, 0.15) is 40.5 Å². The van der Waals surface area contributed by atoms with Crippen LogP contribution in [0.4, 0.5) is 0 Å². The molecule has 0 aliphatic carbocycles. The van der Waals surface area contributed by atoms with Crippen molar-refractivity contribution in [2.24, 2.45) is 0 Å². The second-order valence-corrected chi connectivity index (χ2v) is 5.02. The van der Waals surface area contributed by atoms with Crippen LogP contribution in [0.15, 0.2) is 0 Å². The topological polar surface area (TPSA) is 30.5 Å². The minimum absolute atomic E-state index is 1.08. The Balaban J connectivity index is 0. The highest BCUT2D eigenvalue weighted by Gasteiger charge is 2.01. The lowest BCUT2D eigenvalue weighted by molar-refractivity contribution is 0.252. The summed E-state index contributed by atoms with van der Waals surface area (Å²) >= 11 is 0. The summed E-state index contributed by atoms with van der Waals surface area (Å²) in [4.78, 5) is 4.86. The number of rotatable bonds is 13. The normalized spacial score (nSPS) is 10.8. The Hall–Kier alpha value is -0.160. The van der Waals surface area contributed by atoms with E-state index in [0.29, 0.717) is 0 Å². The molecule has 0 fully saturated rings. The van der Waals surface area contributed by atoms with E-state index in [4.69, 9.17) is 0 Å². The van der Waals surface area contributed by atoms with E-state index in [0.717, 1.165) is 26.2 Å². The molecule has 0 spiro atoms. The van der Waals surface area contributed by atoms with Crippen LogP contribution in [0.5, 0.6) is 0 Å². The Morgan fingerprint density at radius 2 is 1.00 bits per heavy atom. The van der Waals surface area contributed by atoms with E-state index < -0.39 is 0 Å². The summed E-state index contributed by atoms with van der Waals surface area (Å²) in [5, 5.41) is 6.73. The zero-order chi connectivity index (χ0) is 15.6. The van der Waals surface area contributed by atoms with Crippen molar-refractivity contribution in [3.63, 3.8) is 0 Å². The second-order valence-electron chi connectivity index (χ2n) is 5.02. The van der Waals surface area contributed by atoms with Crippen LogP contribution >= 0.6 is 0 Å². The molecule has 0 amide bonds.